The van der Waals surface area contributed by atoms with Gasteiger partial charge < -0.3 is 10.2 Å². The van der Waals surface area contributed by atoms with E-state index in [1.165, 1.54) is 12.1 Å². The maximum absolute atomic E-state index is 12.7. The molecule has 28 heavy (non-hydrogen) atoms. The van der Waals surface area contributed by atoms with Crippen LogP contribution in [0.4, 0.5) is 17.1 Å². The van der Waals surface area contributed by atoms with Crippen LogP contribution in [0.2, 0.25) is 0 Å². The molecule has 1 aliphatic carbocycles. The summed E-state index contributed by atoms with van der Waals surface area (Å²) in [5.74, 6) is 0.0900. The van der Waals surface area contributed by atoms with E-state index >= 15 is 0 Å². The smallest absolute Gasteiger partial charge is 0.261 e. The van der Waals surface area contributed by atoms with Gasteiger partial charge in [0.15, 0.2) is 0 Å². The van der Waals surface area contributed by atoms with Crippen LogP contribution < -0.4 is 14.9 Å². The van der Waals surface area contributed by atoms with Crippen LogP contribution in [0.25, 0.3) is 0 Å². The SMILES string of the molecule is O=C(Nc1cccc(NS(=O)(=O)c2ccc(N3CCCC3=O)cc2)c1)C1CC1. The van der Waals surface area contributed by atoms with Crippen molar-refractivity contribution in [3.63, 3.8) is 0 Å². The first-order valence-corrected chi connectivity index (χ1v) is 10.7. The van der Waals surface area contributed by atoms with Gasteiger partial charge in [0.2, 0.25) is 11.8 Å². The van der Waals surface area contributed by atoms with E-state index in [1.54, 1.807) is 41.3 Å². The zero-order valence-corrected chi connectivity index (χ0v) is 16.0. The van der Waals surface area contributed by atoms with Crippen molar-refractivity contribution in [3.8, 4) is 0 Å². The Labute approximate surface area is 163 Å². The Balaban J connectivity index is 1.47. The van der Waals surface area contributed by atoms with Crippen LogP contribution in [-0.2, 0) is 19.6 Å². The molecule has 1 saturated carbocycles. The number of nitrogens with zero attached hydrogens (tertiary/aromatic N) is 1. The fraction of sp³-hybridized carbons (Fsp3) is 0.300. The monoisotopic (exact) mass is 399 g/mol. The molecule has 4 rings (SSSR count). The molecule has 7 nitrogen and oxygen atoms in total. The van der Waals surface area contributed by atoms with Gasteiger partial charge in [0.25, 0.3) is 10.0 Å². The van der Waals surface area contributed by atoms with E-state index in [2.05, 4.69) is 10.0 Å². The summed E-state index contributed by atoms with van der Waals surface area (Å²) in [6.07, 6.45) is 3.14. The second-order valence-electron chi connectivity index (χ2n) is 7.09. The van der Waals surface area contributed by atoms with Crippen LogP contribution >= 0.6 is 0 Å². The molecule has 2 amide bonds. The molecule has 0 atom stereocenters. The minimum atomic E-state index is -3.78. The number of rotatable bonds is 6. The summed E-state index contributed by atoms with van der Waals surface area (Å²) in [6, 6.07) is 12.9. The van der Waals surface area contributed by atoms with Gasteiger partial charge in [0.05, 0.1) is 10.6 Å². The Kier molecular flexibility index (Phi) is 4.80. The third kappa shape index (κ3) is 4.01. The molecular formula is C20H21N3O4S. The zero-order chi connectivity index (χ0) is 19.7. The number of nitrogens with one attached hydrogen (secondary N) is 2. The highest BCUT2D eigenvalue weighted by molar-refractivity contribution is 7.92. The van der Waals surface area contributed by atoms with Crippen molar-refractivity contribution in [2.45, 2.75) is 30.6 Å². The maximum atomic E-state index is 12.7. The molecular weight excluding hydrogens is 378 g/mol. The topological polar surface area (TPSA) is 95.6 Å². The molecule has 2 aromatic carbocycles. The standard InChI is InChI=1S/C20H21N3O4S/c24-19-5-2-12-23(19)17-8-10-18(11-9-17)28(26,27)22-16-4-1-3-15(13-16)21-20(25)14-6-7-14/h1,3-4,8-11,13-14,22H,2,5-7,12H2,(H,21,25). The van der Waals surface area contributed by atoms with Crippen molar-refractivity contribution in [2.75, 3.05) is 21.5 Å². The molecule has 2 aliphatic rings. The van der Waals surface area contributed by atoms with Gasteiger partial charge in [-0.05, 0) is 61.7 Å². The van der Waals surface area contributed by atoms with E-state index in [-0.39, 0.29) is 22.6 Å². The van der Waals surface area contributed by atoms with Crippen LogP contribution in [0.5, 0.6) is 0 Å². The van der Waals surface area contributed by atoms with E-state index in [0.717, 1.165) is 19.3 Å². The van der Waals surface area contributed by atoms with E-state index in [0.29, 0.717) is 30.0 Å². The fourth-order valence-electron chi connectivity index (χ4n) is 3.19. The van der Waals surface area contributed by atoms with Crippen molar-refractivity contribution < 1.29 is 18.0 Å². The highest BCUT2D eigenvalue weighted by atomic mass is 32.2. The van der Waals surface area contributed by atoms with Gasteiger partial charge in [0, 0.05) is 30.3 Å². The number of amides is 2. The molecule has 8 heteroatoms. The van der Waals surface area contributed by atoms with E-state index in [1.807, 2.05) is 0 Å². The van der Waals surface area contributed by atoms with Gasteiger partial charge >= 0.3 is 0 Å². The van der Waals surface area contributed by atoms with Gasteiger partial charge in [-0.2, -0.15) is 0 Å². The average Bonchev–Trinajstić information content (AvgIpc) is 3.43. The average molecular weight is 399 g/mol. The second-order valence-corrected chi connectivity index (χ2v) is 8.78. The molecule has 0 bridgehead atoms. The Hall–Kier alpha value is -2.87. The molecule has 2 aromatic rings. The van der Waals surface area contributed by atoms with Crippen molar-refractivity contribution in [3.05, 3.63) is 48.5 Å². The third-order valence-electron chi connectivity index (χ3n) is 4.86. The molecule has 2 fully saturated rings. The number of anilines is 3. The fourth-order valence-corrected chi connectivity index (χ4v) is 4.24. The van der Waals surface area contributed by atoms with Crippen LogP contribution in [0.3, 0.4) is 0 Å². The first-order chi connectivity index (χ1) is 13.4. The summed E-state index contributed by atoms with van der Waals surface area (Å²) in [5.41, 5.74) is 1.62. The number of sulfonamides is 1. The Morgan fingerprint density at radius 3 is 2.39 bits per heavy atom. The quantitative estimate of drug-likeness (QED) is 0.781. The molecule has 0 unspecified atom stereocenters. The third-order valence-corrected chi connectivity index (χ3v) is 6.26. The number of carbonyl (C=O) groups is 2. The van der Waals surface area contributed by atoms with Gasteiger partial charge in [-0.3, -0.25) is 14.3 Å². The Morgan fingerprint density at radius 1 is 1.04 bits per heavy atom. The lowest BCUT2D eigenvalue weighted by Crippen LogP contribution is -2.23. The largest absolute Gasteiger partial charge is 0.326 e. The highest BCUT2D eigenvalue weighted by Crippen LogP contribution is 2.30. The summed E-state index contributed by atoms with van der Waals surface area (Å²) < 4.78 is 27.9. The maximum Gasteiger partial charge on any atom is 0.261 e. The number of carbonyl (C=O) groups excluding carboxylic acids is 2. The molecule has 2 N–H and O–H groups in total. The Morgan fingerprint density at radius 2 is 1.75 bits per heavy atom. The van der Waals surface area contributed by atoms with Crippen LogP contribution in [0.1, 0.15) is 25.7 Å². The molecule has 0 aromatic heterocycles. The second kappa shape index (κ2) is 7.27. The van der Waals surface area contributed by atoms with E-state index in [9.17, 15) is 18.0 Å². The van der Waals surface area contributed by atoms with Crippen LogP contribution in [0, 0.1) is 5.92 Å². The van der Waals surface area contributed by atoms with Crippen LogP contribution in [0.15, 0.2) is 53.4 Å². The molecule has 0 spiro atoms. The van der Waals surface area contributed by atoms with Crippen molar-refractivity contribution in [1.29, 1.82) is 0 Å². The molecule has 1 aliphatic heterocycles. The summed E-state index contributed by atoms with van der Waals surface area (Å²) in [7, 11) is -3.78. The first kappa shape index (κ1) is 18.5. The lowest BCUT2D eigenvalue weighted by molar-refractivity contribution is -0.118. The number of benzene rings is 2. The van der Waals surface area contributed by atoms with E-state index < -0.39 is 10.0 Å². The van der Waals surface area contributed by atoms with Gasteiger partial charge in [-0.25, -0.2) is 8.42 Å². The number of hydrogen-bond acceptors (Lipinski definition) is 4. The van der Waals surface area contributed by atoms with Crippen LogP contribution in [-0.4, -0.2) is 26.8 Å². The van der Waals surface area contributed by atoms with E-state index in [4.69, 9.17) is 0 Å². The predicted molar refractivity (Wildman–Crippen MR) is 107 cm³/mol. The Bertz CT molecular complexity index is 1010. The zero-order valence-electron chi connectivity index (χ0n) is 15.2. The van der Waals surface area contributed by atoms with Gasteiger partial charge in [-0.15, -0.1) is 0 Å². The number of hydrogen-bond donors (Lipinski definition) is 2. The summed E-state index contributed by atoms with van der Waals surface area (Å²) >= 11 is 0. The lowest BCUT2D eigenvalue weighted by Gasteiger charge is -2.16. The summed E-state index contributed by atoms with van der Waals surface area (Å²) in [6.45, 7) is 0.655. The lowest BCUT2D eigenvalue weighted by atomic mass is 10.2. The van der Waals surface area contributed by atoms with Crippen molar-refractivity contribution in [2.24, 2.45) is 5.92 Å². The minimum absolute atomic E-state index is 0.0351. The molecule has 1 saturated heterocycles. The summed E-state index contributed by atoms with van der Waals surface area (Å²) in [4.78, 5) is 25.5. The van der Waals surface area contributed by atoms with Gasteiger partial charge in [-0.1, -0.05) is 6.07 Å². The summed E-state index contributed by atoms with van der Waals surface area (Å²) in [5, 5.41) is 2.80. The molecule has 0 radical (unpaired) electrons. The van der Waals surface area contributed by atoms with Crippen molar-refractivity contribution in [1.82, 2.24) is 0 Å². The van der Waals surface area contributed by atoms with Crippen molar-refractivity contribution >= 4 is 38.9 Å². The highest BCUT2D eigenvalue weighted by Gasteiger charge is 2.29. The van der Waals surface area contributed by atoms with Gasteiger partial charge in [0.1, 0.15) is 0 Å². The molecule has 1 heterocycles. The predicted octanol–water partition coefficient (Wildman–Crippen LogP) is 2.96. The molecule has 146 valence electrons. The normalized spacial score (nSPS) is 16.9. The minimum Gasteiger partial charge on any atom is -0.326 e. The first-order valence-electron chi connectivity index (χ1n) is 9.26.